The van der Waals surface area contributed by atoms with Crippen molar-refractivity contribution in [2.45, 2.75) is 95.4 Å². The standard InChI is InChI=1S/C20H26F12O4/c1-5-14(4,9(2)3)13(33)36-12-7-10(15(34,17(21,22)23)18(24,25)26)6-11(8-12)16(35,19(27,28)29)20(30,31)32/h9-12,34-35H,5-8H2,1-4H3/t10?,11?,12?,14-/m0/s1. The second kappa shape index (κ2) is 9.70. The Morgan fingerprint density at radius 2 is 1.06 bits per heavy atom. The average Bonchev–Trinajstić information content (AvgIpc) is 2.67. The molecule has 0 radical (unpaired) electrons. The van der Waals surface area contributed by atoms with Gasteiger partial charge >= 0.3 is 30.7 Å². The fraction of sp³-hybridized carbons (Fsp3) is 0.950. The van der Waals surface area contributed by atoms with Gasteiger partial charge in [-0.25, -0.2) is 0 Å². The van der Waals surface area contributed by atoms with Crippen LogP contribution in [-0.2, 0) is 9.53 Å². The monoisotopic (exact) mass is 558 g/mol. The number of alkyl halides is 12. The SMILES string of the molecule is CC[C@](C)(C(=O)OC1CC(C(O)(C(F)(F)F)C(F)(F)F)CC(C(O)(C(F)(F)F)C(F)(F)F)C1)C(C)C. The number of carbonyl (C=O) groups is 1. The summed E-state index contributed by atoms with van der Waals surface area (Å²) in [4.78, 5) is 12.7. The third-order valence-electron chi connectivity index (χ3n) is 7.32. The first-order chi connectivity index (χ1) is 15.7. The average molecular weight is 558 g/mol. The summed E-state index contributed by atoms with van der Waals surface area (Å²) in [5.41, 5.74) is -13.0. The van der Waals surface area contributed by atoms with Gasteiger partial charge in [-0.1, -0.05) is 20.8 Å². The highest BCUT2D eigenvalue weighted by Gasteiger charge is 2.78. The zero-order chi connectivity index (χ0) is 28.9. The summed E-state index contributed by atoms with van der Waals surface area (Å²) in [5.74, 6) is -8.60. The zero-order valence-electron chi connectivity index (χ0n) is 19.4. The molecule has 0 spiro atoms. The maximum Gasteiger partial charge on any atom is 0.426 e. The zero-order valence-corrected chi connectivity index (χ0v) is 19.4. The van der Waals surface area contributed by atoms with Gasteiger partial charge in [-0.3, -0.25) is 4.79 Å². The van der Waals surface area contributed by atoms with E-state index in [1.54, 1.807) is 0 Å². The molecule has 36 heavy (non-hydrogen) atoms. The van der Waals surface area contributed by atoms with Crippen LogP contribution in [0.25, 0.3) is 0 Å². The predicted octanol–water partition coefficient (Wildman–Crippen LogP) is 6.10. The fourth-order valence-electron chi connectivity index (χ4n) is 4.37. The number of carbonyl (C=O) groups excluding carboxylic acids is 1. The molecule has 1 fully saturated rings. The molecule has 2 N–H and O–H groups in total. The Balaban J connectivity index is 3.72. The Labute approximate surface area is 198 Å². The molecule has 1 saturated carbocycles. The summed E-state index contributed by atoms with van der Waals surface area (Å²) in [6.07, 6.45) is -34.0. The number of aliphatic hydroxyl groups is 2. The van der Waals surface area contributed by atoms with E-state index >= 15 is 0 Å². The minimum Gasteiger partial charge on any atom is -0.462 e. The molecule has 0 aliphatic heterocycles. The molecule has 0 heterocycles. The normalized spacial score (nSPS) is 25.0. The lowest BCUT2D eigenvalue weighted by Crippen LogP contribution is -2.67. The highest BCUT2D eigenvalue weighted by Crippen LogP contribution is 2.58. The summed E-state index contributed by atoms with van der Waals surface area (Å²) in [6, 6.07) is 0. The van der Waals surface area contributed by atoms with Crippen molar-refractivity contribution in [3.05, 3.63) is 0 Å². The van der Waals surface area contributed by atoms with E-state index in [1.807, 2.05) is 0 Å². The first-order valence-corrected chi connectivity index (χ1v) is 10.6. The van der Waals surface area contributed by atoms with Crippen LogP contribution in [0.15, 0.2) is 0 Å². The molecule has 0 aromatic rings. The molecule has 1 aliphatic rings. The Morgan fingerprint density at radius 3 is 1.28 bits per heavy atom. The first-order valence-electron chi connectivity index (χ1n) is 10.6. The van der Waals surface area contributed by atoms with E-state index in [4.69, 9.17) is 4.74 Å². The Bertz CT molecular complexity index is 710. The smallest absolute Gasteiger partial charge is 0.426 e. The molecule has 0 amide bonds. The van der Waals surface area contributed by atoms with Gasteiger partial charge in [-0.15, -0.1) is 0 Å². The van der Waals surface area contributed by atoms with Gasteiger partial charge in [-0.05, 0) is 38.5 Å². The van der Waals surface area contributed by atoms with Crippen molar-refractivity contribution < 1.29 is 72.4 Å². The molecule has 0 aromatic heterocycles. The summed E-state index contributed by atoms with van der Waals surface area (Å²) >= 11 is 0. The van der Waals surface area contributed by atoms with Crippen molar-refractivity contribution in [2.75, 3.05) is 0 Å². The Kier molecular flexibility index (Phi) is 8.77. The van der Waals surface area contributed by atoms with Crippen molar-refractivity contribution in [3.63, 3.8) is 0 Å². The number of halogens is 12. The summed E-state index contributed by atoms with van der Waals surface area (Å²) in [5, 5.41) is 19.4. The third-order valence-corrected chi connectivity index (χ3v) is 7.32. The van der Waals surface area contributed by atoms with Gasteiger partial charge in [0, 0.05) is 11.8 Å². The van der Waals surface area contributed by atoms with Crippen LogP contribution in [0.2, 0.25) is 0 Å². The van der Waals surface area contributed by atoms with E-state index < -0.39 is 90.4 Å². The number of hydrogen-bond donors (Lipinski definition) is 2. The van der Waals surface area contributed by atoms with Gasteiger partial charge in [0.2, 0.25) is 0 Å². The van der Waals surface area contributed by atoms with Crippen molar-refractivity contribution in [3.8, 4) is 0 Å². The molecular formula is C20H26F12O4. The Morgan fingerprint density at radius 1 is 0.750 bits per heavy atom. The molecule has 1 aliphatic carbocycles. The number of esters is 1. The minimum absolute atomic E-state index is 0.00679. The second-order valence-electron chi connectivity index (χ2n) is 9.58. The summed E-state index contributed by atoms with van der Waals surface area (Å²) < 4.78 is 166. The van der Waals surface area contributed by atoms with Crippen LogP contribution in [-0.4, -0.2) is 58.2 Å². The Hall–Kier alpha value is -1.45. The quantitative estimate of drug-likeness (QED) is 0.306. The van der Waals surface area contributed by atoms with Crippen LogP contribution >= 0.6 is 0 Å². The first kappa shape index (κ1) is 32.6. The topological polar surface area (TPSA) is 66.8 Å². The van der Waals surface area contributed by atoms with Crippen molar-refractivity contribution in [2.24, 2.45) is 23.2 Å². The van der Waals surface area contributed by atoms with Gasteiger partial charge in [0.25, 0.3) is 11.2 Å². The lowest BCUT2D eigenvalue weighted by Gasteiger charge is -2.48. The van der Waals surface area contributed by atoms with Crippen LogP contribution in [0.5, 0.6) is 0 Å². The van der Waals surface area contributed by atoms with Crippen molar-refractivity contribution in [1.29, 1.82) is 0 Å². The molecule has 3 atom stereocenters. The van der Waals surface area contributed by atoms with Crippen LogP contribution in [0.3, 0.4) is 0 Å². The maximum atomic E-state index is 13.4. The third kappa shape index (κ3) is 5.39. The highest BCUT2D eigenvalue weighted by atomic mass is 19.4. The van der Waals surface area contributed by atoms with E-state index in [9.17, 15) is 67.7 Å². The van der Waals surface area contributed by atoms with Crippen molar-refractivity contribution >= 4 is 5.97 Å². The number of ether oxygens (including phenoxy) is 1. The van der Waals surface area contributed by atoms with E-state index in [1.165, 1.54) is 27.7 Å². The van der Waals surface area contributed by atoms with Gasteiger partial charge in [0.15, 0.2) is 0 Å². The van der Waals surface area contributed by atoms with Gasteiger partial charge < -0.3 is 14.9 Å². The number of hydrogen-bond acceptors (Lipinski definition) is 4. The molecule has 2 unspecified atom stereocenters. The molecular weight excluding hydrogens is 532 g/mol. The molecule has 16 heteroatoms. The van der Waals surface area contributed by atoms with Crippen LogP contribution in [0.4, 0.5) is 52.7 Å². The van der Waals surface area contributed by atoms with E-state index in [0.29, 0.717) is 0 Å². The van der Waals surface area contributed by atoms with E-state index in [0.717, 1.165) is 0 Å². The van der Waals surface area contributed by atoms with E-state index in [-0.39, 0.29) is 6.42 Å². The van der Waals surface area contributed by atoms with Gasteiger partial charge in [0.05, 0.1) is 5.41 Å². The molecule has 0 aromatic carbocycles. The molecule has 1 rings (SSSR count). The van der Waals surface area contributed by atoms with Crippen LogP contribution in [0.1, 0.15) is 53.4 Å². The summed E-state index contributed by atoms with van der Waals surface area (Å²) in [6.45, 7) is 5.69. The minimum atomic E-state index is -6.59. The summed E-state index contributed by atoms with van der Waals surface area (Å²) in [7, 11) is 0. The molecule has 0 bridgehead atoms. The van der Waals surface area contributed by atoms with E-state index in [2.05, 4.69) is 0 Å². The lowest BCUT2D eigenvalue weighted by atomic mass is 9.65. The largest absolute Gasteiger partial charge is 0.462 e. The predicted molar refractivity (Wildman–Crippen MR) is 98.1 cm³/mol. The molecule has 0 saturated heterocycles. The van der Waals surface area contributed by atoms with Crippen molar-refractivity contribution in [1.82, 2.24) is 0 Å². The molecule has 214 valence electrons. The van der Waals surface area contributed by atoms with Gasteiger partial charge in [0.1, 0.15) is 6.10 Å². The number of rotatable bonds is 6. The van der Waals surface area contributed by atoms with Crippen LogP contribution in [0, 0.1) is 23.2 Å². The second-order valence-corrected chi connectivity index (χ2v) is 9.58. The van der Waals surface area contributed by atoms with Crippen LogP contribution < -0.4 is 0 Å². The lowest BCUT2D eigenvalue weighted by molar-refractivity contribution is -0.405. The van der Waals surface area contributed by atoms with Gasteiger partial charge in [-0.2, -0.15) is 52.7 Å². The molecule has 4 nitrogen and oxygen atoms in total. The fourth-order valence-corrected chi connectivity index (χ4v) is 4.37. The maximum absolute atomic E-state index is 13.4. The highest BCUT2D eigenvalue weighted by molar-refractivity contribution is 5.76.